The molecule has 5 nitrogen and oxygen atoms in total. The van der Waals surface area contributed by atoms with Crippen LogP contribution >= 0.6 is 0 Å². The molecule has 1 aliphatic heterocycles. The van der Waals surface area contributed by atoms with Crippen molar-refractivity contribution in [1.29, 1.82) is 0 Å². The van der Waals surface area contributed by atoms with Gasteiger partial charge in [0.15, 0.2) is 0 Å². The number of rotatable bonds is 6. The first-order valence-corrected chi connectivity index (χ1v) is 11.1. The van der Waals surface area contributed by atoms with E-state index < -0.39 is 0 Å². The molecule has 5 rings (SSSR count). The minimum atomic E-state index is 0.764. The van der Waals surface area contributed by atoms with Crippen LogP contribution in [0.5, 0.6) is 0 Å². The van der Waals surface area contributed by atoms with E-state index in [1.807, 2.05) is 24.8 Å². The maximum Gasteiger partial charge on any atom is 0.100 e. The highest BCUT2D eigenvalue weighted by Gasteiger charge is 2.20. The molecule has 0 N–H and O–H groups in total. The van der Waals surface area contributed by atoms with Crippen LogP contribution in [0.4, 0.5) is 5.69 Å². The summed E-state index contributed by atoms with van der Waals surface area (Å²) >= 11 is 0. The molecule has 2 aromatic carbocycles. The Balaban J connectivity index is 1.15. The summed E-state index contributed by atoms with van der Waals surface area (Å²) in [6.07, 6.45) is 8.17. The molecule has 1 fully saturated rings. The topological polar surface area (TPSA) is 37.2 Å². The van der Waals surface area contributed by atoms with Gasteiger partial charge in [-0.3, -0.25) is 9.55 Å². The summed E-state index contributed by atoms with van der Waals surface area (Å²) < 4.78 is 2.15. The Labute approximate surface area is 184 Å². The van der Waals surface area contributed by atoms with E-state index >= 15 is 0 Å². The third kappa shape index (κ3) is 4.47. The predicted octanol–water partition coefficient (Wildman–Crippen LogP) is 4.77. The third-order valence-electron chi connectivity index (χ3n) is 6.33. The smallest absolute Gasteiger partial charge is 0.100 e. The van der Waals surface area contributed by atoms with Crippen molar-refractivity contribution in [1.82, 2.24) is 19.4 Å². The van der Waals surface area contributed by atoms with Crippen molar-refractivity contribution in [2.75, 3.05) is 31.6 Å². The Morgan fingerprint density at radius 2 is 1.65 bits per heavy atom. The molecule has 5 heteroatoms. The maximum atomic E-state index is 4.50. The lowest BCUT2D eigenvalue weighted by Crippen LogP contribution is -2.37. The van der Waals surface area contributed by atoms with E-state index in [4.69, 9.17) is 0 Å². The second-order valence-corrected chi connectivity index (χ2v) is 8.60. The Morgan fingerprint density at radius 3 is 2.42 bits per heavy atom. The summed E-state index contributed by atoms with van der Waals surface area (Å²) in [7, 11) is 2.24. The van der Waals surface area contributed by atoms with Gasteiger partial charge in [-0.25, -0.2) is 4.98 Å². The van der Waals surface area contributed by atoms with Crippen LogP contribution in [0.15, 0.2) is 79.4 Å². The fraction of sp³-hybridized carbons (Fsp3) is 0.308. The number of nitrogens with zero attached hydrogens (tertiary/aromatic N) is 5. The zero-order valence-electron chi connectivity index (χ0n) is 18.1. The minimum absolute atomic E-state index is 0.764. The normalized spacial score (nSPS) is 15.1. The third-order valence-corrected chi connectivity index (χ3v) is 6.33. The van der Waals surface area contributed by atoms with Crippen LogP contribution in [-0.2, 0) is 6.54 Å². The molecule has 4 aromatic rings. The molecule has 0 saturated carbocycles. The minimum Gasteiger partial charge on any atom is -0.371 e. The predicted molar refractivity (Wildman–Crippen MR) is 127 cm³/mol. The standard InChI is InChI=1S/C26H29N5/c1-29(19-22-12-16-30(17-13-22)23-10-14-27-15-11-23)18-21-6-8-24(9-7-21)31-20-28-25-4-2-3-5-26(25)31/h2-11,14-15,20,22H,12-13,16-19H2,1H3. The largest absolute Gasteiger partial charge is 0.371 e. The van der Waals surface area contributed by atoms with Gasteiger partial charge < -0.3 is 9.80 Å². The number of piperidine rings is 1. The van der Waals surface area contributed by atoms with E-state index in [1.54, 1.807) is 0 Å². The number of hydrogen-bond acceptors (Lipinski definition) is 4. The second-order valence-electron chi connectivity index (χ2n) is 8.60. The van der Waals surface area contributed by atoms with Crippen LogP contribution in [0, 0.1) is 5.92 Å². The van der Waals surface area contributed by atoms with Gasteiger partial charge in [0.25, 0.3) is 0 Å². The number of anilines is 1. The number of hydrogen-bond donors (Lipinski definition) is 0. The highest BCUT2D eigenvalue weighted by atomic mass is 15.1. The lowest BCUT2D eigenvalue weighted by molar-refractivity contribution is 0.242. The number of para-hydroxylation sites is 2. The monoisotopic (exact) mass is 411 g/mol. The van der Waals surface area contributed by atoms with Crippen molar-refractivity contribution < 1.29 is 0 Å². The molecular formula is C26H29N5. The molecule has 1 aliphatic rings. The van der Waals surface area contributed by atoms with Crippen molar-refractivity contribution in [3.63, 3.8) is 0 Å². The van der Waals surface area contributed by atoms with Crippen molar-refractivity contribution in [3.8, 4) is 5.69 Å². The highest BCUT2D eigenvalue weighted by molar-refractivity contribution is 5.77. The van der Waals surface area contributed by atoms with E-state index in [-0.39, 0.29) is 0 Å². The average molecular weight is 412 g/mol. The van der Waals surface area contributed by atoms with Gasteiger partial charge >= 0.3 is 0 Å². The first kappa shape index (κ1) is 19.8. The van der Waals surface area contributed by atoms with Crippen molar-refractivity contribution in [2.45, 2.75) is 19.4 Å². The highest BCUT2D eigenvalue weighted by Crippen LogP contribution is 2.24. The maximum absolute atomic E-state index is 4.50. The Hall–Kier alpha value is -3.18. The molecule has 158 valence electrons. The number of aromatic nitrogens is 3. The molecule has 0 unspecified atom stereocenters. The quantitative estimate of drug-likeness (QED) is 0.458. The van der Waals surface area contributed by atoms with Crippen molar-refractivity contribution >= 4 is 16.7 Å². The fourth-order valence-corrected chi connectivity index (χ4v) is 4.67. The fourth-order valence-electron chi connectivity index (χ4n) is 4.67. The Bertz CT molecular complexity index is 1110. The van der Waals surface area contributed by atoms with Crippen molar-refractivity contribution in [2.24, 2.45) is 5.92 Å². The molecule has 0 aliphatic carbocycles. The molecular weight excluding hydrogens is 382 g/mol. The second kappa shape index (κ2) is 8.90. The van der Waals surface area contributed by atoms with Crippen LogP contribution in [0.2, 0.25) is 0 Å². The van der Waals surface area contributed by atoms with Crippen LogP contribution < -0.4 is 4.90 Å². The van der Waals surface area contributed by atoms with Crippen LogP contribution in [0.3, 0.4) is 0 Å². The summed E-state index contributed by atoms with van der Waals surface area (Å²) in [5.74, 6) is 0.764. The molecule has 1 saturated heterocycles. The summed E-state index contributed by atoms with van der Waals surface area (Å²) in [4.78, 5) is 13.6. The zero-order valence-corrected chi connectivity index (χ0v) is 18.1. The molecule has 31 heavy (non-hydrogen) atoms. The summed E-state index contributed by atoms with van der Waals surface area (Å²) in [5, 5.41) is 0. The lowest BCUT2D eigenvalue weighted by atomic mass is 9.96. The number of benzene rings is 2. The van der Waals surface area contributed by atoms with Gasteiger partial charge in [0, 0.05) is 49.9 Å². The van der Waals surface area contributed by atoms with Gasteiger partial charge in [-0.05, 0) is 67.8 Å². The van der Waals surface area contributed by atoms with Crippen LogP contribution in [0.25, 0.3) is 16.7 Å². The average Bonchev–Trinajstić information content (AvgIpc) is 3.25. The molecule has 0 spiro atoms. The van der Waals surface area contributed by atoms with Gasteiger partial charge in [-0.15, -0.1) is 0 Å². The molecule has 2 aromatic heterocycles. The SMILES string of the molecule is CN(Cc1ccc(-n2cnc3ccccc32)cc1)CC1CCN(c2ccncc2)CC1. The summed E-state index contributed by atoms with van der Waals surface area (Å²) in [6, 6.07) is 21.4. The van der Waals surface area contributed by atoms with Gasteiger partial charge in [-0.2, -0.15) is 0 Å². The molecule has 0 bridgehead atoms. The molecule has 0 atom stereocenters. The lowest BCUT2D eigenvalue weighted by Gasteiger charge is -2.35. The van der Waals surface area contributed by atoms with Gasteiger partial charge in [0.1, 0.15) is 6.33 Å². The molecule has 3 heterocycles. The van der Waals surface area contributed by atoms with E-state index in [9.17, 15) is 0 Å². The molecule has 0 amide bonds. The van der Waals surface area contributed by atoms with Gasteiger partial charge in [0.05, 0.1) is 11.0 Å². The van der Waals surface area contributed by atoms with E-state index in [2.05, 4.69) is 86.0 Å². The number of imidazole rings is 1. The van der Waals surface area contributed by atoms with Crippen molar-refractivity contribution in [3.05, 3.63) is 84.9 Å². The first-order valence-electron chi connectivity index (χ1n) is 11.1. The van der Waals surface area contributed by atoms with E-state index in [1.165, 1.54) is 24.1 Å². The molecule has 0 radical (unpaired) electrons. The number of pyridine rings is 1. The Kier molecular flexibility index (Phi) is 5.67. The van der Waals surface area contributed by atoms with Gasteiger partial charge in [-0.1, -0.05) is 24.3 Å². The summed E-state index contributed by atoms with van der Waals surface area (Å²) in [5.41, 5.74) is 5.98. The summed E-state index contributed by atoms with van der Waals surface area (Å²) in [6.45, 7) is 4.40. The Morgan fingerprint density at radius 1 is 0.903 bits per heavy atom. The van der Waals surface area contributed by atoms with E-state index in [0.717, 1.165) is 48.8 Å². The van der Waals surface area contributed by atoms with Crippen LogP contribution in [0.1, 0.15) is 18.4 Å². The number of fused-ring (bicyclic) bond motifs is 1. The van der Waals surface area contributed by atoms with Crippen LogP contribution in [-0.4, -0.2) is 46.1 Å². The van der Waals surface area contributed by atoms with Gasteiger partial charge in [0.2, 0.25) is 0 Å². The zero-order chi connectivity index (χ0) is 21.0. The van der Waals surface area contributed by atoms with E-state index in [0.29, 0.717) is 0 Å². The first-order chi connectivity index (χ1) is 15.3.